The number of benzene rings is 2. The second-order valence-corrected chi connectivity index (χ2v) is 5.84. The Morgan fingerprint density at radius 3 is 2.50 bits per heavy atom. The van der Waals surface area contributed by atoms with Gasteiger partial charge in [-0.25, -0.2) is 9.97 Å². The van der Waals surface area contributed by atoms with Gasteiger partial charge in [-0.1, -0.05) is 48.5 Å². The molecule has 1 aliphatic rings. The summed E-state index contributed by atoms with van der Waals surface area (Å²) in [6.07, 6.45) is 0. The highest BCUT2D eigenvalue weighted by atomic mass is 16.2. The van der Waals surface area contributed by atoms with Crippen molar-refractivity contribution in [3.05, 3.63) is 54.6 Å². The molecule has 1 aliphatic heterocycles. The molecule has 24 heavy (non-hydrogen) atoms. The van der Waals surface area contributed by atoms with Crippen LogP contribution in [0.3, 0.4) is 0 Å². The molecule has 0 spiro atoms. The molecule has 0 radical (unpaired) electrons. The third-order valence-corrected chi connectivity index (χ3v) is 4.32. The van der Waals surface area contributed by atoms with Gasteiger partial charge in [0.15, 0.2) is 0 Å². The van der Waals surface area contributed by atoms with Crippen LogP contribution in [-0.4, -0.2) is 40.5 Å². The molecule has 0 aliphatic carbocycles. The third kappa shape index (κ3) is 2.48. The maximum atomic E-state index is 12.0. The molecule has 3 aromatic rings. The monoisotopic (exact) mass is 318 g/mol. The van der Waals surface area contributed by atoms with Gasteiger partial charge >= 0.3 is 0 Å². The summed E-state index contributed by atoms with van der Waals surface area (Å²) in [5, 5.41) is 1.02. The first-order valence-corrected chi connectivity index (χ1v) is 8.11. The van der Waals surface area contributed by atoms with Crippen molar-refractivity contribution in [2.24, 2.45) is 0 Å². The molecule has 0 saturated carbocycles. The first kappa shape index (κ1) is 14.6. The van der Waals surface area contributed by atoms with Crippen LogP contribution in [0.15, 0.2) is 54.6 Å². The van der Waals surface area contributed by atoms with Gasteiger partial charge in [0.2, 0.25) is 11.9 Å². The summed E-state index contributed by atoms with van der Waals surface area (Å²) < 4.78 is 0. The first-order chi connectivity index (χ1) is 11.8. The van der Waals surface area contributed by atoms with Crippen LogP contribution in [0.2, 0.25) is 0 Å². The van der Waals surface area contributed by atoms with Crippen LogP contribution in [0, 0.1) is 0 Å². The van der Waals surface area contributed by atoms with E-state index in [1.54, 1.807) is 4.90 Å². The molecule has 1 saturated heterocycles. The Hall–Kier alpha value is -2.95. The maximum absolute atomic E-state index is 12.0. The molecule has 2 heterocycles. The van der Waals surface area contributed by atoms with E-state index in [2.05, 4.69) is 4.98 Å². The van der Waals surface area contributed by atoms with Crippen LogP contribution in [0.25, 0.3) is 22.2 Å². The maximum Gasteiger partial charge on any atom is 0.243 e. The first-order valence-electron chi connectivity index (χ1n) is 8.11. The average Bonchev–Trinajstić information content (AvgIpc) is 3.02. The lowest BCUT2D eigenvalue weighted by Gasteiger charge is -2.18. The number of aromatic nitrogens is 2. The Kier molecular flexibility index (Phi) is 3.61. The summed E-state index contributed by atoms with van der Waals surface area (Å²) >= 11 is 0. The van der Waals surface area contributed by atoms with E-state index >= 15 is 0 Å². The fourth-order valence-corrected chi connectivity index (χ4v) is 3.03. The van der Waals surface area contributed by atoms with E-state index < -0.39 is 0 Å². The number of hydrogen-bond donors (Lipinski definition) is 0. The lowest BCUT2D eigenvalue weighted by molar-refractivity contribution is -0.126. The van der Waals surface area contributed by atoms with Crippen LogP contribution in [-0.2, 0) is 4.79 Å². The molecule has 4 rings (SSSR count). The Labute approximate surface area is 140 Å². The van der Waals surface area contributed by atoms with Crippen molar-refractivity contribution in [1.82, 2.24) is 14.9 Å². The van der Waals surface area contributed by atoms with Crippen LogP contribution >= 0.6 is 0 Å². The molecule has 5 nitrogen and oxygen atoms in total. The number of likely N-dealkylation sites (N-methyl/N-ethyl adjacent to an activating group) is 1. The van der Waals surface area contributed by atoms with E-state index in [4.69, 9.17) is 4.98 Å². The van der Waals surface area contributed by atoms with Gasteiger partial charge in [0.1, 0.15) is 6.54 Å². The van der Waals surface area contributed by atoms with Crippen molar-refractivity contribution >= 4 is 22.8 Å². The van der Waals surface area contributed by atoms with Crippen LogP contribution in [0.4, 0.5) is 5.95 Å². The lowest BCUT2D eigenvalue weighted by Crippen LogP contribution is -2.27. The molecular weight excluding hydrogens is 300 g/mol. The number of nitrogens with zero attached hydrogens (tertiary/aromatic N) is 4. The highest BCUT2D eigenvalue weighted by Crippen LogP contribution is 2.28. The Morgan fingerprint density at radius 1 is 1.00 bits per heavy atom. The van der Waals surface area contributed by atoms with E-state index in [0.717, 1.165) is 22.2 Å². The van der Waals surface area contributed by atoms with E-state index in [1.807, 2.05) is 66.4 Å². The molecule has 0 unspecified atom stereocenters. The van der Waals surface area contributed by atoms with Gasteiger partial charge < -0.3 is 9.80 Å². The van der Waals surface area contributed by atoms with Crippen molar-refractivity contribution < 1.29 is 4.79 Å². The minimum absolute atomic E-state index is 0.121. The molecule has 0 bridgehead atoms. The van der Waals surface area contributed by atoms with Gasteiger partial charge in [0, 0.05) is 17.5 Å². The molecule has 5 heteroatoms. The SMILES string of the molecule is CCN1CN(c2nc(-c3ccccc3)c3ccccc3n2)CC1=O. The second kappa shape index (κ2) is 5.92. The fourth-order valence-electron chi connectivity index (χ4n) is 3.03. The zero-order chi connectivity index (χ0) is 16.5. The second-order valence-electron chi connectivity index (χ2n) is 5.84. The lowest BCUT2D eigenvalue weighted by atomic mass is 10.1. The van der Waals surface area contributed by atoms with Crippen molar-refractivity contribution in [1.29, 1.82) is 0 Å². The number of fused-ring (bicyclic) bond motifs is 1. The summed E-state index contributed by atoms with van der Waals surface area (Å²) in [6.45, 7) is 3.56. The Balaban J connectivity index is 1.85. The number of amides is 1. The van der Waals surface area contributed by atoms with E-state index in [-0.39, 0.29) is 5.91 Å². The molecule has 2 aromatic carbocycles. The van der Waals surface area contributed by atoms with Crippen molar-refractivity contribution in [3.8, 4) is 11.3 Å². The molecule has 1 aromatic heterocycles. The highest BCUT2D eigenvalue weighted by Gasteiger charge is 2.28. The molecular formula is C19H18N4O. The minimum atomic E-state index is 0.121. The Bertz CT molecular complexity index is 894. The number of carbonyl (C=O) groups excluding carboxylic acids is 1. The number of rotatable bonds is 3. The normalized spacial score (nSPS) is 14.6. The third-order valence-electron chi connectivity index (χ3n) is 4.32. The molecule has 1 fully saturated rings. The zero-order valence-electron chi connectivity index (χ0n) is 13.5. The van der Waals surface area contributed by atoms with Crippen molar-refractivity contribution in [2.75, 3.05) is 24.7 Å². The van der Waals surface area contributed by atoms with E-state index in [0.29, 0.717) is 25.7 Å². The number of hydrogen-bond acceptors (Lipinski definition) is 4. The summed E-state index contributed by atoms with van der Waals surface area (Å²) in [5.74, 6) is 0.729. The van der Waals surface area contributed by atoms with Gasteiger partial charge in [-0.3, -0.25) is 4.79 Å². The highest BCUT2D eigenvalue weighted by molar-refractivity contribution is 5.93. The minimum Gasteiger partial charge on any atom is -0.324 e. The van der Waals surface area contributed by atoms with Gasteiger partial charge in [0.05, 0.1) is 17.9 Å². The molecule has 0 N–H and O–H groups in total. The summed E-state index contributed by atoms with van der Waals surface area (Å²) in [6, 6.07) is 18.1. The predicted octanol–water partition coefficient (Wildman–Crippen LogP) is 2.92. The smallest absolute Gasteiger partial charge is 0.243 e. The zero-order valence-corrected chi connectivity index (χ0v) is 13.5. The van der Waals surface area contributed by atoms with E-state index in [9.17, 15) is 4.79 Å². The van der Waals surface area contributed by atoms with Crippen molar-refractivity contribution in [3.63, 3.8) is 0 Å². The Morgan fingerprint density at radius 2 is 1.75 bits per heavy atom. The average molecular weight is 318 g/mol. The largest absolute Gasteiger partial charge is 0.324 e. The molecule has 120 valence electrons. The number of para-hydroxylation sites is 1. The molecule has 1 amide bonds. The summed E-state index contributed by atoms with van der Waals surface area (Å²) in [5.41, 5.74) is 2.84. The number of carbonyl (C=O) groups is 1. The van der Waals surface area contributed by atoms with Gasteiger partial charge in [0.25, 0.3) is 0 Å². The predicted molar refractivity (Wildman–Crippen MR) is 94.6 cm³/mol. The van der Waals surface area contributed by atoms with Crippen molar-refractivity contribution in [2.45, 2.75) is 6.92 Å². The van der Waals surface area contributed by atoms with E-state index in [1.165, 1.54) is 0 Å². The van der Waals surface area contributed by atoms with Gasteiger partial charge in [-0.05, 0) is 13.0 Å². The van der Waals surface area contributed by atoms with Crippen LogP contribution in [0.1, 0.15) is 6.92 Å². The number of anilines is 1. The standard InChI is InChI=1S/C19H18N4O/c1-2-22-13-23(12-17(22)24)19-20-16-11-7-6-10-15(16)18(21-19)14-8-4-3-5-9-14/h3-11H,2,12-13H2,1H3. The molecule has 0 atom stereocenters. The topological polar surface area (TPSA) is 49.3 Å². The van der Waals surface area contributed by atoms with Crippen LogP contribution in [0.5, 0.6) is 0 Å². The quantitative estimate of drug-likeness (QED) is 0.745. The summed E-state index contributed by atoms with van der Waals surface area (Å²) in [7, 11) is 0. The summed E-state index contributed by atoms with van der Waals surface area (Å²) in [4.78, 5) is 25.3. The van der Waals surface area contributed by atoms with Crippen LogP contribution < -0.4 is 4.90 Å². The fraction of sp³-hybridized carbons (Fsp3) is 0.211. The van der Waals surface area contributed by atoms with Gasteiger partial charge in [-0.2, -0.15) is 0 Å². The van der Waals surface area contributed by atoms with Gasteiger partial charge in [-0.15, -0.1) is 0 Å².